The molecule has 0 radical (unpaired) electrons. The number of carbonyl (C=O) groups excluding carboxylic acids is 2. The summed E-state index contributed by atoms with van der Waals surface area (Å²) in [5.41, 5.74) is 1.79. The van der Waals surface area contributed by atoms with Gasteiger partial charge in [-0.05, 0) is 25.5 Å². The molecule has 7 heteroatoms. The van der Waals surface area contributed by atoms with Crippen LogP contribution in [0.5, 0.6) is 5.75 Å². The highest BCUT2D eigenvalue weighted by Crippen LogP contribution is 2.16. The largest absolute Gasteiger partial charge is 0.486 e. The van der Waals surface area contributed by atoms with Crippen molar-refractivity contribution in [1.29, 1.82) is 0 Å². The van der Waals surface area contributed by atoms with Crippen LogP contribution in [0, 0.1) is 6.92 Å². The second kappa shape index (κ2) is 10.6. The molecule has 6 nitrogen and oxygen atoms in total. The molecule has 2 aromatic rings. The lowest BCUT2D eigenvalue weighted by Gasteiger charge is -2.05. The minimum Gasteiger partial charge on any atom is -0.486 e. The number of unbranched alkanes of at least 4 members (excludes halogenated alkanes) is 1. The van der Waals surface area contributed by atoms with Crippen LogP contribution in [0.2, 0.25) is 0 Å². The van der Waals surface area contributed by atoms with E-state index < -0.39 is 5.97 Å². The summed E-state index contributed by atoms with van der Waals surface area (Å²) in [6.07, 6.45) is 1.95. The standard InChI is InChI=1S/C19H24N2O4S/c1-3-4-9-20-17(22)11-25-19(23)10-15-13-26-18(21-15)12-24-16-7-5-14(2)6-8-16/h5-8,13H,3-4,9-12H2,1-2H3,(H,20,22). The maximum Gasteiger partial charge on any atom is 0.312 e. The summed E-state index contributed by atoms with van der Waals surface area (Å²) >= 11 is 1.43. The second-order valence-corrected chi connectivity index (χ2v) is 6.82. The molecule has 0 aliphatic rings. The first kappa shape index (κ1) is 19.9. The smallest absolute Gasteiger partial charge is 0.312 e. The summed E-state index contributed by atoms with van der Waals surface area (Å²) < 4.78 is 10.6. The number of hydrogen-bond acceptors (Lipinski definition) is 6. The Balaban J connectivity index is 1.70. The summed E-state index contributed by atoms with van der Waals surface area (Å²) in [7, 11) is 0. The van der Waals surface area contributed by atoms with Gasteiger partial charge in [-0.3, -0.25) is 9.59 Å². The molecule has 0 spiro atoms. The molecular weight excluding hydrogens is 352 g/mol. The fraction of sp³-hybridized carbons (Fsp3) is 0.421. The topological polar surface area (TPSA) is 77.5 Å². The summed E-state index contributed by atoms with van der Waals surface area (Å²) in [4.78, 5) is 27.7. The van der Waals surface area contributed by atoms with Crippen molar-refractivity contribution in [2.24, 2.45) is 0 Å². The molecule has 0 aliphatic carbocycles. The highest BCUT2D eigenvalue weighted by molar-refractivity contribution is 7.09. The monoisotopic (exact) mass is 376 g/mol. The summed E-state index contributed by atoms with van der Waals surface area (Å²) in [6.45, 7) is 4.76. The van der Waals surface area contributed by atoms with Crippen molar-refractivity contribution in [3.8, 4) is 5.75 Å². The molecule has 1 aromatic heterocycles. The highest BCUT2D eigenvalue weighted by atomic mass is 32.1. The van der Waals surface area contributed by atoms with Gasteiger partial charge in [-0.15, -0.1) is 11.3 Å². The number of rotatable bonds is 10. The number of thiazole rings is 1. The molecular formula is C19H24N2O4S. The number of aromatic nitrogens is 1. The Labute approximate surface area is 157 Å². The first-order valence-electron chi connectivity index (χ1n) is 8.62. The van der Waals surface area contributed by atoms with E-state index in [-0.39, 0.29) is 18.9 Å². The van der Waals surface area contributed by atoms with Gasteiger partial charge < -0.3 is 14.8 Å². The Morgan fingerprint density at radius 3 is 2.73 bits per heavy atom. The molecule has 1 amide bonds. The lowest BCUT2D eigenvalue weighted by Crippen LogP contribution is -2.29. The molecule has 26 heavy (non-hydrogen) atoms. The van der Waals surface area contributed by atoms with E-state index in [9.17, 15) is 9.59 Å². The molecule has 2 rings (SSSR count). The van der Waals surface area contributed by atoms with Crippen LogP contribution in [0.15, 0.2) is 29.6 Å². The SMILES string of the molecule is CCCCNC(=O)COC(=O)Cc1csc(COc2ccc(C)cc2)n1. The van der Waals surface area contributed by atoms with E-state index in [1.807, 2.05) is 38.1 Å². The van der Waals surface area contributed by atoms with Crippen molar-refractivity contribution in [3.63, 3.8) is 0 Å². The van der Waals surface area contributed by atoms with Gasteiger partial charge in [0.1, 0.15) is 17.4 Å². The minimum absolute atomic E-state index is 0.0449. The van der Waals surface area contributed by atoms with Crippen molar-refractivity contribution >= 4 is 23.2 Å². The van der Waals surface area contributed by atoms with Crippen molar-refractivity contribution < 1.29 is 19.1 Å². The maximum absolute atomic E-state index is 11.8. The zero-order valence-electron chi connectivity index (χ0n) is 15.1. The zero-order chi connectivity index (χ0) is 18.8. The Morgan fingerprint density at radius 2 is 2.00 bits per heavy atom. The number of hydrogen-bond donors (Lipinski definition) is 1. The molecule has 0 saturated carbocycles. The van der Waals surface area contributed by atoms with Crippen LogP contribution in [0.3, 0.4) is 0 Å². The van der Waals surface area contributed by atoms with Gasteiger partial charge in [-0.2, -0.15) is 0 Å². The van der Waals surface area contributed by atoms with Gasteiger partial charge in [0.2, 0.25) is 0 Å². The van der Waals surface area contributed by atoms with Crippen LogP contribution in [0.4, 0.5) is 0 Å². The fourth-order valence-corrected chi connectivity index (χ4v) is 2.78. The van der Waals surface area contributed by atoms with Gasteiger partial charge in [0.05, 0.1) is 12.1 Å². The normalized spacial score (nSPS) is 10.4. The van der Waals surface area contributed by atoms with Crippen molar-refractivity contribution in [2.45, 2.75) is 39.7 Å². The Bertz CT molecular complexity index is 713. The van der Waals surface area contributed by atoms with E-state index in [1.54, 1.807) is 5.38 Å². The summed E-state index contributed by atoms with van der Waals surface area (Å²) in [6, 6.07) is 7.79. The number of nitrogens with zero attached hydrogens (tertiary/aromatic N) is 1. The fourth-order valence-electron chi connectivity index (χ4n) is 2.08. The van der Waals surface area contributed by atoms with Crippen molar-refractivity contribution in [1.82, 2.24) is 10.3 Å². The molecule has 1 aromatic carbocycles. The summed E-state index contributed by atoms with van der Waals surface area (Å²) in [5.74, 6) is 0.0325. The maximum atomic E-state index is 11.8. The minimum atomic E-state index is -0.466. The van der Waals surface area contributed by atoms with E-state index in [0.717, 1.165) is 23.6 Å². The van der Waals surface area contributed by atoms with E-state index >= 15 is 0 Å². The molecule has 0 aliphatic heterocycles. The molecule has 0 fully saturated rings. The molecule has 1 heterocycles. The Kier molecular flexibility index (Phi) is 8.08. The van der Waals surface area contributed by atoms with Crippen LogP contribution >= 0.6 is 11.3 Å². The quantitative estimate of drug-likeness (QED) is 0.509. The van der Waals surface area contributed by atoms with Gasteiger partial charge in [-0.25, -0.2) is 4.98 Å². The number of amides is 1. The number of ether oxygens (including phenoxy) is 2. The first-order valence-corrected chi connectivity index (χ1v) is 9.50. The van der Waals surface area contributed by atoms with Gasteiger partial charge >= 0.3 is 5.97 Å². The van der Waals surface area contributed by atoms with E-state index in [0.29, 0.717) is 18.8 Å². The third kappa shape index (κ3) is 7.23. The van der Waals surface area contributed by atoms with Gasteiger partial charge in [0.25, 0.3) is 5.91 Å². The summed E-state index contributed by atoms with van der Waals surface area (Å²) in [5, 5.41) is 5.28. The predicted octanol–water partition coefficient (Wildman–Crippen LogP) is 3.03. The Hall–Kier alpha value is -2.41. The molecule has 0 bridgehead atoms. The molecule has 1 N–H and O–H groups in total. The first-order chi connectivity index (χ1) is 12.6. The average molecular weight is 376 g/mol. The van der Waals surface area contributed by atoms with Crippen LogP contribution < -0.4 is 10.1 Å². The van der Waals surface area contributed by atoms with Gasteiger partial charge in [-0.1, -0.05) is 31.0 Å². The Morgan fingerprint density at radius 1 is 1.23 bits per heavy atom. The van der Waals surface area contributed by atoms with Crippen molar-refractivity contribution in [2.75, 3.05) is 13.2 Å². The second-order valence-electron chi connectivity index (χ2n) is 5.88. The van der Waals surface area contributed by atoms with Crippen molar-refractivity contribution in [3.05, 3.63) is 45.9 Å². The van der Waals surface area contributed by atoms with E-state index in [4.69, 9.17) is 9.47 Å². The number of esters is 1. The molecule has 140 valence electrons. The van der Waals surface area contributed by atoms with Gasteiger partial charge in [0.15, 0.2) is 6.61 Å². The third-order valence-electron chi connectivity index (χ3n) is 3.52. The number of aryl methyl sites for hydroxylation is 1. The van der Waals surface area contributed by atoms with E-state index in [2.05, 4.69) is 10.3 Å². The number of benzene rings is 1. The van der Waals surface area contributed by atoms with E-state index in [1.165, 1.54) is 16.9 Å². The van der Waals surface area contributed by atoms with Gasteiger partial charge in [0, 0.05) is 11.9 Å². The number of nitrogens with one attached hydrogen (secondary N) is 1. The third-order valence-corrected chi connectivity index (χ3v) is 4.40. The van der Waals surface area contributed by atoms with Crippen LogP contribution in [0.25, 0.3) is 0 Å². The van der Waals surface area contributed by atoms with Crippen LogP contribution in [-0.2, 0) is 27.4 Å². The molecule has 0 saturated heterocycles. The number of carbonyl (C=O) groups is 2. The van der Waals surface area contributed by atoms with Crippen LogP contribution in [-0.4, -0.2) is 30.0 Å². The van der Waals surface area contributed by atoms with Crippen LogP contribution in [0.1, 0.15) is 36.0 Å². The highest BCUT2D eigenvalue weighted by Gasteiger charge is 2.11. The predicted molar refractivity (Wildman–Crippen MR) is 100 cm³/mol. The lowest BCUT2D eigenvalue weighted by atomic mass is 10.2. The lowest BCUT2D eigenvalue weighted by molar-refractivity contribution is -0.147. The zero-order valence-corrected chi connectivity index (χ0v) is 15.9. The average Bonchev–Trinajstić information content (AvgIpc) is 3.07. The molecule has 0 unspecified atom stereocenters. The molecule has 0 atom stereocenters.